The molecular weight excluding hydrogens is 376 g/mol. The third-order valence-electron chi connectivity index (χ3n) is 3.90. The Morgan fingerprint density at radius 2 is 1.82 bits per heavy atom. The van der Waals surface area contributed by atoms with Crippen LogP contribution in [0.15, 0.2) is 60.0 Å². The van der Waals surface area contributed by atoms with Crippen LogP contribution in [0.4, 0.5) is 0 Å². The molecule has 0 aliphatic rings. The van der Waals surface area contributed by atoms with Crippen LogP contribution >= 0.6 is 11.3 Å². The zero-order chi connectivity index (χ0) is 19.9. The van der Waals surface area contributed by atoms with Gasteiger partial charge in [-0.15, -0.1) is 11.3 Å². The van der Waals surface area contributed by atoms with Gasteiger partial charge in [-0.05, 0) is 19.1 Å². The van der Waals surface area contributed by atoms with Gasteiger partial charge in [0.1, 0.15) is 10.8 Å². The third kappa shape index (κ3) is 4.75. The van der Waals surface area contributed by atoms with Crippen molar-refractivity contribution >= 4 is 23.2 Å². The van der Waals surface area contributed by atoms with Crippen molar-refractivity contribution in [3.8, 4) is 16.3 Å². The summed E-state index contributed by atoms with van der Waals surface area (Å²) in [6.07, 6.45) is -1.17. The first-order chi connectivity index (χ1) is 13.6. The molecular formula is C21H20N2O4S. The summed E-state index contributed by atoms with van der Waals surface area (Å²) in [4.78, 5) is 28.5. The summed E-state index contributed by atoms with van der Waals surface area (Å²) in [5.74, 6) is -0.543. The zero-order valence-electron chi connectivity index (χ0n) is 15.3. The lowest BCUT2D eigenvalue weighted by molar-refractivity contribution is -0.154. The second-order valence-electron chi connectivity index (χ2n) is 5.93. The number of amides is 1. The van der Waals surface area contributed by atoms with Crippen molar-refractivity contribution in [3.63, 3.8) is 0 Å². The number of para-hydroxylation sites is 1. The number of hydrogen-bond acceptors (Lipinski definition) is 6. The van der Waals surface area contributed by atoms with E-state index in [9.17, 15) is 9.59 Å². The Hall–Kier alpha value is -3.19. The second kappa shape index (κ2) is 9.14. The van der Waals surface area contributed by atoms with Gasteiger partial charge in [0.2, 0.25) is 6.10 Å². The van der Waals surface area contributed by atoms with Crippen LogP contribution in [0.3, 0.4) is 0 Å². The standard InChI is InChI=1S/C21H20N2O4S/c1-2-26-17-11-7-6-10-16(17)21-23-15(13-28-21)12-18(24)27-19(20(22)25)14-8-4-3-5-9-14/h3-11,13,19H,2,12H2,1H3,(H2,22,25). The SMILES string of the molecule is CCOc1ccccc1-c1nc(CC(=O)OC(C(N)=O)c2ccccc2)cs1. The number of primary amides is 1. The zero-order valence-corrected chi connectivity index (χ0v) is 16.1. The van der Waals surface area contributed by atoms with E-state index in [0.717, 1.165) is 16.3 Å². The van der Waals surface area contributed by atoms with Crippen LogP contribution in [0.2, 0.25) is 0 Å². The summed E-state index contributed by atoms with van der Waals surface area (Å²) in [5.41, 5.74) is 7.36. The van der Waals surface area contributed by atoms with Crippen LogP contribution in [0, 0.1) is 0 Å². The maximum atomic E-state index is 12.3. The quantitative estimate of drug-likeness (QED) is 0.588. The van der Waals surface area contributed by atoms with E-state index >= 15 is 0 Å². The molecule has 0 fully saturated rings. The summed E-state index contributed by atoms with van der Waals surface area (Å²) in [6.45, 7) is 2.47. The number of esters is 1. The molecule has 0 spiro atoms. The molecule has 0 bridgehead atoms. The van der Waals surface area contributed by atoms with Crippen LogP contribution in [0.5, 0.6) is 5.75 Å². The van der Waals surface area contributed by atoms with E-state index in [1.807, 2.05) is 31.2 Å². The number of hydrogen-bond donors (Lipinski definition) is 1. The number of aromatic nitrogens is 1. The summed E-state index contributed by atoms with van der Waals surface area (Å²) < 4.78 is 10.9. The molecule has 3 aromatic rings. The van der Waals surface area contributed by atoms with Crippen LogP contribution in [0.1, 0.15) is 24.3 Å². The van der Waals surface area contributed by atoms with Crippen LogP contribution < -0.4 is 10.5 Å². The second-order valence-corrected chi connectivity index (χ2v) is 6.79. The van der Waals surface area contributed by atoms with Gasteiger partial charge < -0.3 is 15.2 Å². The van der Waals surface area contributed by atoms with E-state index < -0.39 is 18.0 Å². The number of nitrogens with zero attached hydrogens (tertiary/aromatic N) is 1. The Morgan fingerprint density at radius 3 is 2.54 bits per heavy atom. The Balaban J connectivity index is 1.71. The molecule has 3 rings (SSSR count). The minimum atomic E-state index is -1.12. The number of benzene rings is 2. The molecule has 1 amide bonds. The van der Waals surface area contributed by atoms with E-state index in [1.165, 1.54) is 11.3 Å². The Kier molecular flexibility index (Phi) is 6.39. The molecule has 0 radical (unpaired) electrons. The topological polar surface area (TPSA) is 91.5 Å². The van der Waals surface area contributed by atoms with E-state index in [2.05, 4.69) is 4.98 Å². The van der Waals surface area contributed by atoms with Gasteiger partial charge in [0.15, 0.2) is 0 Å². The highest BCUT2D eigenvalue weighted by molar-refractivity contribution is 7.13. The molecule has 0 aliphatic carbocycles. The lowest BCUT2D eigenvalue weighted by atomic mass is 10.1. The van der Waals surface area contributed by atoms with Gasteiger partial charge >= 0.3 is 5.97 Å². The van der Waals surface area contributed by atoms with Crippen molar-refractivity contribution < 1.29 is 19.1 Å². The molecule has 0 saturated carbocycles. The van der Waals surface area contributed by atoms with Crippen molar-refractivity contribution in [2.45, 2.75) is 19.4 Å². The van der Waals surface area contributed by atoms with Crippen molar-refractivity contribution in [1.29, 1.82) is 0 Å². The van der Waals surface area contributed by atoms with E-state index in [-0.39, 0.29) is 6.42 Å². The number of thiazole rings is 1. The molecule has 2 aromatic carbocycles. The number of ether oxygens (including phenoxy) is 2. The predicted molar refractivity (Wildman–Crippen MR) is 107 cm³/mol. The molecule has 0 saturated heterocycles. The summed E-state index contributed by atoms with van der Waals surface area (Å²) in [6, 6.07) is 16.3. The van der Waals surface area contributed by atoms with Gasteiger partial charge in [-0.25, -0.2) is 4.98 Å². The predicted octanol–water partition coefficient (Wildman–Crippen LogP) is 3.52. The fraction of sp³-hybridized carbons (Fsp3) is 0.190. The lowest BCUT2D eigenvalue weighted by Gasteiger charge is -2.14. The number of nitrogens with two attached hydrogens (primary N) is 1. The first-order valence-electron chi connectivity index (χ1n) is 8.78. The first-order valence-corrected chi connectivity index (χ1v) is 9.66. The first kappa shape index (κ1) is 19.6. The number of carbonyl (C=O) groups is 2. The Bertz CT molecular complexity index is 956. The van der Waals surface area contributed by atoms with E-state index in [4.69, 9.17) is 15.2 Å². The largest absolute Gasteiger partial charge is 0.493 e. The molecule has 2 N–H and O–H groups in total. The maximum absolute atomic E-state index is 12.3. The minimum absolute atomic E-state index is 0.0517. The molecule has 0 aliphatic heterocycles. The van der Waals surface area contributed by atoms with E-state index in [0.29, 0.717) is 17.9 Å². The van der Waals surface area contributed by atoms with Crippen molar-refractivity contribution in [2.24, 2.45) is 5.73 Å². The van der Waals surface area contributed by atoms with Gasteiger partial charge in [0.25, 0.3) is 5.91 Å². The van der Waals surface area contributed by atoms with Gasteiger partial charge in [-0.2, -0.15) is 0 Å². The van der Waals surface area contributed by atoms with Crippen molar-refractivity contribution in [2.75, 3.05) is 6.61 Å². The highest BCUT2D eigenvalue weighted by Crippen LogP contribution is 2.32. The van der Waals surface area contributed by atoms with Crippen LogP contribution in [-0.2, 0) is 20.7 Å². The highest BCUT2D eigenvalue weighted by Gasteiger charge is 2.23. The molecule has 1 aromatic heterocycles. The van der Waals surface area contributed by atoms with Gasteiger partial charge in [0.05, 0.1) is 24.3 Å². The fourth-order valence-corrected chi connectivity index (χ4v) is 3.53. The highest BCUT2D eigenvalue weighted by atomic mass is 32.1. The van der Waals surface area contributed by atoms with Gasteiger partial charge in [-0.1, -0.05) is 42.5 Å². The Labute approximate surface area is 166 Å². The van der Waals surface area contributed by atoms with Crippen molar-refractivity contribution in [3.05, 3.63) is 71.2 Å². The van der Waals surface area contributed by atoms with Crippen LogP contribution in [-0.4, -0.2) is 23.5 Å². The summed E-state index contributed by atoms with van der Waals surface area (Å²) in [7, 11) is 0. The minimum Gasteiger partial charge on any atom is -0.493 e. The smallest absolute Gasteiger partial charge is 0.313 e. The summed E-state index contributed by atoms with van der Waals surface area (Å²) >= 11 is 1.42. The molecule has 1 unspecified atom stereocenters. The fourth-order valence-electron chi connectivity index (χ4n) is 2.68. The Morgan fingerprint density at radius 1 is 1.11 bits per heavy atom. The van der Waals surface area contributed by atoms with Crippen molar-refractivity contribution in [1.82, 2.24) is 4.98 Å². The molecule has 144 valence electrons. The molecule has 28 heavy (non-hydrogen) atoms. The van der Waals surface area contributed by atoms with Gasteiger partial charge in [0, 0.05) is 10.9 Å². The number of rotatable bonds is 8. The van der Waals surface area contributed by atoms with Gasteiger partial charge in [-0.3, -0.25) is 9.59 Å². The summed E-state index contributed by atoms with van der Waals surface area (Å²) in [5, 5.41) is 2.54. The van der Waals surface area contributed by atoms with Crippen LogP contribution in [0.25, 0.3) is 10.6 Å². The maximum Gasteiger partial charge on any atom is 0.313 e. The van der Waals surface area contributed by atoms with E-state index in [1.54, 1.807) is 35.7 Å². The average molecular weight is 396 g/mol. The molecule has 6 nitrogen and oxygen atoms in total. The average Bonchev–Trinajstić information content (AvgIpc) is 3.15. The lowest BCUT2D eigenvalue weighted by Crippen LogP contribution is -2.26. The molecule has 7 heteroatoms. The molecule has 1 atom stereocenters. The molecule has 1 heterocycles. The third-order valence-corrected chi connectivity index (χ3v) is 4.83. The number of carbonyl (C=O) groups excluding carboxylic acids is 2. The normalized spacial score (nSPS) is 11.6. The monoisotopic (exact) mass is 396 g/mol.